The van der Waals surface area contributed by atoms with E-state index in [-0.39, 0.29) is 5.41 Å². The Labute approximate surface area is 105 Å². The summed E-state index contributed by atoms with van der Waals surface area (Å²) in [5.41, 5.74) is 1.28. The van der Waals surface area contributed by atoms with E-state index >= 15 is 0 Å². The van der Waals surface area contributed by atoms with E-state index in [1.165, 1.54) is 0 Å². The van der Waals surface area contributed by atoms with Crippen molar-refractivity contribution in [3.63, 3.8) is 0 Å². The van der Waals surface area contributed by atoms with E-state index in [1.807, 2.05) is 25.1 Å². The zero-order chi connectivity index (χ0) is 11.5. The third-order valence-corrected chi connectivity index (χ3v) is 3.90. The summed E-state index contributed by atoms with van der Waals surface area (Å²) in [5.74, 6) is 0.769. The SMILES string of the molecule is Cc1ccc(Cl)c(OCC(C)(C)CBr)c1. The Hall–Kier alpha value is -0.210. The standard InChI is InChI=1S/C12H16BrClO/c1-9-4-5-10(14)11(6-9)15-8-12(2,3)7-13/h4-6H,7-8H2,1-3H3. The molecule has 0 spiro atoms. The molecule has 0 saturated heterocycles. The number of benzene rings is 1. The lowest BCUT2D eigenvalue weighted by Crippen LogP contribution is -2.22. The largest absolute Gasteiger partial charge is 0.491 e. The summed E-state index contributed by atoms with van der Waals surface area (Å²) in [6, 6.07) is 5.81. The topological polar surface area (TPSA) is 9.23 Å². The molecular weight excluding hydrogens is 275 g/mol. The molecule has 0 unspecified atom stereocenters. The minimum Gasteiger partial charge on any atom is -0.491 e. The molecule has 0 aliphatic rings. The van der Waals surface area contributed by atoms with Crippen molar-refractivity contribution in [3.8, 4) is 5.75 Å². The lowest BCUT2D eigenvalue weighted by molar-refractivity contribution is 0.203. The molecule has 84 valence electrons. The molecule has 15 heavy (non-hydrogen) atoms. The summed E-state index contributed by atoms with van der Waals surface area (Å²) < 4.78 is 5.71. The molecule has 0 heterocycles. The van der Waals surface area contributed by atoms with Crippen LogP contribution in [0.3, 0.4) is 0 Å². The second-order valence-corrected chi connectivity index (χ2v) is 5.49. The van der Waals surface area contributed by atoms with Gasteiger partial charge in [0.15, 0.2) is 0 Å². The Bertz CT molecular complexity index is 336. The van der Waals surface area contributed by atoms with Crippen molar-refractivity contribution < 1.29 is 4.74 Å². The van der Waals surface area contributed by atoms with Crippen LogP contribution < -0.4 is 4.74 Å². The maximum atomic E-state index is 6.03. The predicted octanol–water partition coefficient (Wildman–Crippen LogP) is 4.45. The average molecular weight is 292 g/mol. The molecule has 0 bridgehead atoms. The van der Waals surface area contributed by atoms with E-state index in [0.717, 1.165) is 16.6 Å². The van der Waals surface area contributed by atoms with Gasteiger partial charge in [-0.2, -0.15) is 0 Å². The van der Waals surface area contributed by atoms with Gasteiger partial charge < -0.3 is 4.74 Å². The van der Waals surface area contributed by atoms with Gasteiger partial charge in [0, 0.05) is 10.7 Å². The molecule has 0 aromatic heterocycles. The van der Waals surface area contributed by atoms with E-state index < -0.39 is 0 Å². The lowest BCUT2D eigenvalue weighted by atomic mass is 9.98. The summed E-state index contributed by atoms with van der Waals surface area (Å²) in [7, 11) is 0. The third kappa shape index (κ3) is 4.04. The van der Waals surface area contributed by atoms with Gasteiger partial charge in [0.1, 0.15) is 5.75 Å². The van der Waals surface area contributed by atoms with Crippen molar-refractivity contribution >= 4 is 27.5 Å². The number of hydrogen-bond donors (Lipinski definition) is 0. The van der Waals surface area contributed by atoms with Gasteiger partial charge in [-0.05, 0) is 24.6 Å². The first-order valence-corrected chi connectivity index (χ1v) is 6.39. The Balaban J connectivity index is 2.69. The van der Waals surface area contributed by atoms with E-state index in [0.29, 0.717) is 11.6 Å². The smallest absolute Gasteiger partial charge is 0.138 e. The molecule has 1 nitrogen and oxygen atoms in total. The van der Waals surface area contributed by atoms with Crippen LogP contribution in [0.25, 0.3) is 0 Å². The predicted molar refractivity (Wildman–Crippen MR) is 69.3 cm³/mol. The number of alkyl halides is 1. The molecule has 1 aromatic rings. The van der Waals surface area contributed by atoms with Crippen LogP contribution in [0.4, 0.5) is 0 Å². The van der Waals surface area contributed by atoms with Crippen LogP contribution in [0, 0.1) is 12.3 Å². The summed E-state index contributed by atoms with van der Waals surface area (Å²) in [6.45, 7) is 6.97. The Morgan fingerprint density at radius 1 is 1.40 bits per heavy atom. The second-order valence-electron chi connectivity index (χ2n) is 4.52. The molecule has 3 heteroatoms. The molecule has 0 fully saturated rings. The van der Waals surface area contributed by atoms with Crippen molar-refractivity contribution in [3.05, 3.63) is 28.8 Å². The van der Waals surface area contributed by atoms with Crippen LogP contribution in [-0.2, 0) is 0 Å². The minimum absolute atomic E-state index is 0.118. The van der Waals surface area contributed by atoms with Crippen molar-refractivity contribution in [1.29, 1.82) is 0 Å². The fourth-order valence-corrected chi connectivity index (χ4v) is 1.37. The van der Waals surface area contributed by atoms with E-state index in [1.54, 1.807) is 0 Å². The molecule has 0 N–H and O–H groups in total. The monoisotopic (exact) mass is 290 g/mol. The van der Waals surface area contributed by atoms with Crippen molar-refractivity contribution in [1.82, 2.24) is 0 Å². The number of ether oxygens (including phenoxy) is 1. The molecule has 1 aromatic carbocycles. The van der Waals surface area contributed by atoms with Gasteiger partial charge in [-0.25, -0.2) is 0 Å². The second kappa shape index (κ2) is 5.22. The zero-order valence-corrected chi connectivity index (χ0v) is 11.7. The van der Waals surface area contributed by atoms with Gasteiger partial charge >= 0.3 is 0 Å². The van der Waals surface area contributed by atoms with Gasteiger partial charge in [-0.15, -0.1) is 0 Å². The Morgan fingerprint density at radius 3 is 2.67 bits per heavy atom. The molecule has 0 saturated carbocycles. The van der Waals surface area contributed by atoms with Crippen LogP contribution in [0.5, 0.6) is 5.75 Å². The Morgan fingerprint density at radius 2 is 2.07 bits per heavy atom. The first kappa shape index (κ1) is 12.9. The van der Waals surface area contributed by atoms with Gasteiger partial charge in [-0.3, -0.25) is 0 Å². The maximum absolute atomic E-state index is 6.03. The number of rotatable bonds is 4. The highest BCUT2D eigenvalue weighted by molar-refractivity contribution is 9.09. The normalized spacial score (nSPS) is 11.5. The minimum atomic E-state index is 0.118. The maximum Gasteiger partial charge on any atom is 0.138 e. The van der Waals surface area contributed by atoms with Gasteiger partial charge in [0.05, 0.1) is 11.6 Å². The number of hydrogen-bond acceptors (Lipinski definition) is 1. The molecule has 0 atom stereocenters. The van der Waals surface area contributed by atoms with Crippen LogP contribution in [0.1, 0.15) is 19.4 Å². The quantitative estimate of drug-likeness (QED) is 0.745. The third-order valence-electron chi connectivity index (χ3n) is 2.07. The first-order valence-electron chi connectivity index (χ1n) is 4.89. The van der Waals surface area contributed by atoms with Gasteiger partial charge in [-0.1, -0.05) is 47.4 Å². The summed E-state index contributed by atoms with van der Waals surface area (Å²) in [6.07, 6.45) is 0. The highest BCUT2D eigenvalue weighted by Crippen LogP contribution is 2.27. The molecule has 0 amide bonds. The zero-order valence-electron chi connectivity index (χ0n) is 9.31. The lowest BCUT2D eigenvalue weighted by Gasteiger charge is -2.22. The average Bonchev–Trinajstić information content (AvgIpc) is 2.20. The van der Waals surface area contributed by atoms with E-state index in [2.05, 4.69) is 29.8 Å². The van der Waals surface area contributed by atoms with E-state index in [4.69, 9.17) is 16.3 Å². The fraction of sp³-hybridized carbons (Fsp3) is 0.500. The first-order chi connectivity index (χ1) is 6.94. The molecular formula is C12H16BrClO. The number of halogens is 2. The summed E-state index contributed by atoms with van der Waals surface area (Å²) >= 11 is 9.50. The van der Waals surface area contributed by atoms with Gasteiger partial charge in [0.2, 0.25) is 0 Å². The van der Waals surface area contributed by atoms with Gasteiger partial charge in [0.25, 0.3) is 0 Å². The van der Waals surface area contributed by atoms with E-state index in [9.17, 15) is 0 Å². The van der Waals surface area contributed by atoms with Crippen LogP contribution in [-0.4, -0.2) is 11.9 Å². The highest BCUT2D eigenvalue weighted by atomic mass is 79.9. The van der Waals surface area contributed by atoms with Crippen LogP contribution in [0.2, 0.25) is 5.02 Å². The van der Waals surface area contributed by atoms with Crippen LogP contribution in [0.15, 0.2) is 18.2 Å². The molecule has 0 aliphatic carbocycles. The summed E-state index contributed by atoms with van der Waals surface area (Å²) in [5, 5.41) is 1.58. The summed E-state index contributed by atoms with van der Waals surface area (Å²) in [4.78, 5) is 0. The molecule has 0 radical (unpaired) electrons. The number of aryl methyl sites for hydroxylation is 1. The van der Waals surface area contributed by atoms with Crippen molar-refractivity contribution in [2.24, 2.45) is 5.41 Å². The highest BCUT2D eigenvalue weighted by Gasteiger charge is 2.17. The fourth-order valence-electron chi connectivity index (χ4n) is 1.03. The molecule has 1 rings (SSSR count). The Kier molecular flexibility index (Phi) is 4.47. The molecule has 0 aliphatic heterocycles. The van der Waals surface area contributed by atoms with Crippen LogP contribution >= 0.6 is 27.5 Å². The van der Waals surface area contributed by atoms with Crippen molar-refractivity contribution in [2.75, 3.05) is 11.9 Å². The van der Waals surface area contributed by atoms with Crippen molar-refractivity contribution in [2.45, 2.75) is 20.8 Å².